The highest BCUT2D eigenvalue weighted by molar-refractivity contribution is 6.40. The lowest BCUT2D eigenvalue weighted by Crippen LogP contribution is -2.28. The molecule has 0 radical (unpaired) electrons. The highest BCUT2D eigenvalue weighted by Crippen LogP contribution is 2.30. The number of benzene rings is 2. The summed E-state index contributed by atoms with van der Waals surface area (Å²) in [6.07, 6.45) is 0. The van der Waals surface area contributed by atoms with Crippen LogP contribution >= 0.6 is 23.2 Å². The van der Waals surface area contributed by atoms with Crippen molar-refractivity contribution < 1.29 is 4.73 Å². The Morgan fingerprint density at radius 1 is 0.944 bits per heavy atom. The summed E-state index contributed by atoms with van der Waals surface area (Å²) in [5.41, 5.74) is 2.07. The molecule has 0 saturated heterocycles. The van der Waals surface area contributed by atoms with Crippen molar-refractivity contribution in [3.8, 4) is 0 Å². The van der Waals surface area contributed by atoms with E-state index in [1.165, 1.54) is 0 Å². The fraction of sp³-hybridized carbons (Fsp3) is 0.0714. The van der Waals surface area contributed by atoms with Gasteiger partial charge in [-0.15, -0.1) is 0 Å². The average Bonchev–Trinajstić information content (AvgIpc) is 2.35. The molecular formula is C14H9Cl2NO. The molecule has 0 atom stereocenters. The second kappa shape index (κ2) is 4.01. The molecule has 0 bridgehead atoms. The molecule has 0 unspecified atom stereocenters. The van der Waals surface area contributed by atoms with Crippen LogP contribution in [-0.2, 0) is 0 Å². The minimum absolute atomic E-state index is 0.491. The molecule has 0 aliphatic carbocycles. The third-order valence-electron chi connectivity index (χ3n) is 3.02. The highest BCUT2D eigenvalue weighted by atomic mass is 35.5. The van der Waals surface area contributed by atoms with E-state index in [9.17, 15) is 5.21 Å². The van der Waals surface area contributed by atoms with Crippen LogP contribution < -0.4 is 4.73 Å². The first-order valence-corrected chi connectivity index (χ1v) is 6.24. The molecule has 0 N–H and O–H groups in total. The largest absolute Gasteiger partial charge is 0.618 e. The number of nitrogens with zero attached hydrogens (tertiary/aromatic N) is 1. The number of pyridine rings is 1. The molecule has 2 aromatic carbocycles. The van der Waals surface area contributed by atoms with Gasteiger partial charge in [0.25, 0.3) is 0 Å². The molecule has 0 spiro atoms. The van der Waals surface area contributed by atoms with Crippen LogP contribution in [0, 0.1) is 12.1 Å². The van der Waals surface area contributed by atoms with Gasteiger partial charge in [-0.2, -0.15) is 4.73 Å². The van der Waals surface area contributed by atoms with Gasteiger partial charge in [-0.3, -0.25) is 0 Å². The number of aromatic nitrogens is 1. The number of hydrogen-bond acceptors (Lipinski definition) is 1. The van der Waals surface area contributed by atoms with E-state index in [4.69, 9.17) is 23.2 Å². The van der Waals surface area contributed by atoms with Gasteiger partial charge in [0, 0.05) is 17.2 Å². The number of hydrogen-bond donors (Lipinski definition) is 0. The Bertz CT molecular complexity index is 721. The summed E-state index contributed by atoms with van der Waals surface area (Å²) in [5, 5.41) is 14.9. The van der Waals surface area contributed by atoms with E-state index < -0.39 is 0 Å². The second-order valence-corrected chi connectivity index (χ2v) is 5.10. The first-order valence-electron chi connectivity index (χ1n) is 5.48. The van der Waals surface area contributed by atoms with Gasteiger partial charge in [-0.05, 0) is 30.7 Å². The molecule has 0 amide bonds. The molecule has 1 aromatic heterocycles. The van der Waals surface area contributed by atoms with E-state index in [1.54, 1.807) is 18.2 Å². The maximum absolute atomic E-state index is 12.3. The Morgan fingerprint density at radius 3 is 2.28 bits per heavy atom. The van der Waals surface area contributed by atoms with Crippen LogP contribution in [0.4, 0.5) is 0 Å². The molecule has 0 fully saturated rings. The van der Waals surface area contributed by atoms with Crippen molar-refractivity contribution in [3.63, 3.8) is 0 Å². The van der Waals surface area contributed by atoms with E-state index in [0.29, 0.717) is 26.5 Å². The lowest BCUT2D eigenvalue weighted by molar-refractivity contribution is -0.547. The summed E-state index contributed by atoms with van der Waals surface area (Å²) in [6.45, 7) is 1.94. The zero-order chi connectivity index (χ0) is 12.9. The van der Waals surface area contributed by atoms with Crippen LogP contribution in [0.3, 0.4) is 0 Å². The Kier molecular flexibility index (Phi) is 2.58. The summed E-state index contributed by atoms with van der Waals surface area (Å²) in [7, 11) is 0. The van der Waals surface area contributed by atoms with Crippen LogP contribution in [0.1, 0.15) is 5.56 Å². The molecule has 4 heteroatoms. The van der Waals surface area contributed by atoms with Gasteiger partial charge >= 0.3 is 0 Å². The van der Waals surface area contributed by atoms with Crippen molar-refractivity contribution in [2.24, 2.45) is 0 Å². The molecule has 0 aliphatic heterocycles. The van der Waals surface area contributed by atoms with E-state index in [-0.39, 0.29) is 0 Å². The molecule has 3 rings (SSSR count). The molecule has 0 saturated carbocycles. The Balaban J connectivity index is 2.61. The number of aryl methyl sites for hydroxylation is 1. The fourth-order valence-electron chi connectivity index (χ4n) is 2.13. The predicted octanol–water partition coefficient (Wildman–Crippen LogP) is 4.24. The van der Waals surface area contributed by atoms with Crippen molar-refractivity contribution in [2.75, 3.05) is 0 Å². The summed E-state index contributed by atoms with van der Waals surface area (Å²) in [6, 6.07) is 10.8. The molecule has 0 aliphatic rings. The lowest BCUT2D eigenvalue weighted by atomic mass is 10.1. The quantitative estimate of drug-likeness (QED) is 0.343. The van der Waals surface area contributed by atoms with Gasteiger partial charge in [0.2, 0.25) is 11.0 Å². The fourth-order valence-corrected chi connectivity index (χ4v) is 2.61. The summed E-state index contributed by atoms with van der Waals surface area (Å²) in [4.78, 5) is 0. The maximum Gasteiger partial charge on any atom is 0.227 e. The standard InChI is InChI=1S/C14H9Cl2NO/c1-8-2-4-10-12(6-8)17(18)13-7-9(15)3-5-11(13)14(10)16/h2-7H,1H3. The van der Waals surface area contributed by atoms with E-state index >= 15 is 0 Å². The molecule has 18 heavy (non-hydrogen) atoms. The molecule has 1 heterocycles. The normalized spacial score (nSPS) is 11.3. The SMILES string of the molecule is Cc1ccc2c(Cl)c3ccc(Cl)cc3[n+]([O-])c2c1. The van der Waals surface area contributed by atoms with Gasteiger partial charge in [0.05, 0.1) is 15.8 Å². The number of fused-ring (bicyclic) bond motifs is 2. The van der Waals surface area contributed by atoms with Gasteiger partial charge in [-0.1, -0.05) is 29.3 Å². The smallest absolute Gasteiger partial charge is 0.227 e. The van der Waals surface area contributed by atoms with Crippen LogP contribution in [0.15, 0.2) is 36.4 Å². The van der Waals surface area contributed by atoms with Gasteiger partial charge < -0.3 is 5.21 Å². The third-order valence-corrected chi connectivity index (χ3v) is 3.67. The van der Waals surface area contributed by atoms with Crippen molar-refractivity contribution >= 4 is 45.0 Å². The molecular weight excluding hydrogens is 269 g/mol. The van der Waals surface area contributed by atoms with Crippen molar-refractivity contribution in [1.82, 2.24) is 0 Å². The van der Waals surface area contributed by atoms with E-state index in [0.717, 1.165) is 15.7 Å². The van der Waals surface area contributed by atoms with Crippen LogP contribution in [-0.4, -0.2) is 0 Å². The topological polar surface area (TPSA) is 26.9 Å². The van der Waals surface area contributed by atoms with E-state index in [1.807, 2.05) is 25.1 Å². The predicted molar refractivity (Wildman–Crippen MR) is 75.2 cm³/mol. The second-order valence-electron chi connectivity index (χ2n) is 4.29. The van der Waals surface area contributed by atoms with Crippen LogP contribution in [0.2, 0.25) is 10.0 Å². The van der Waals surface area contributed by atoms with Crippen molar-refractivity contribution in [3.05, 3.63) is 57.2 Å². The lowest BCUT2D eigenvalue weighted by Gasteiger charge is -2.09. The molecule has 2 nitrogen and oxygen atoms in total. The Hall–Kier alpha value is -1.51. The van der Waals surface area contributed by atoms with Crippen molar-refractivity contribution in [1.29, 1.82) is 0 Å². The monoisotopic (exact) mass is 277 g/mol. The highest BCUT2D eigenvalue weighted by Gasteiger charge is 2.16. The van der Waals surface area contributed by atoms with Crippen LogP contribution in [0.25, 0.3) is 21.8 Å². The third kappa shape index (κ3) is 1.61. The first-order chi connectivity index (χ1) is 8.58. The van der Waals surface area contributed by atoms with Gasteiger partial charge in [0.1, 0.15) is 0 Å². The van der Waals surface area contributed by atoms with Crippen molar-refractivity contribution in [2.45, 2.75) is 6.92 Å². The summed E-state index contributed by atoms with van der Waals surface area (Å²) in [5.74, 6) is 0. The Labute approximate surface area is 114 Å². The maximum atomic E-state index is 12.3. The first kappa shape index (κ1) is 11.6. The molecule has 3 aromatic rings. The van der Waals surface area contributed by atoms with Gasteiger partial charge in [0.15, 0.2) is 0 Å². The van der Waals surface area contributed by atoms with Gasteiger partial charge in [-0.25, -0.2) is 0 Å². The minimum Gasteiger partial charge on any atom is -0.618 e. The zero-order valence-electron chi connectivity index (χ0n) is 9.58. The minimum atomic E-state index is 0.491. The summed E-state index contributed by atoms with van der Waals surface area (Å²) >= 11 is 12.3. The zero-order valence-corrected chi connectivity index (χ0v) is 11.1. The number of rotatable bonds is 0. The average molecular weight is 278 g/mol. The van der Waals surface area contributed by atoms with Crippen LogP contribution in [0.5, 0.6) is 0 Å². The Morgan fingerprint density at radius 2 is 1.56 bits per heavy atom. The molecule has 90 valence electrons. The van der Waals surface area contributed by atoms with E-state index in [2.05, 4.69) is 0 Å². The summed E-state index contributed by atoms with van der Waals surface area (Å²) < 4.78 is 0.884. The number of halogens is 2.